The molecule has 5 nitrogen and oxygen atoms in total. The maximum atomic E-state index is 11.8. The largest absolute Gasteiger partial charge is 0.505 e. The maximum absolute atomic E-state index is 11.8. The van der Waals surface area contributed by atoms with Crippen LogP contribution in [0.15, 0.2) is 18.2 Å². The van der Waals surface area contributed by atoms with Crippen LogP contribution in [0.1, 0.15) is 12.0 Å². The monoisotopic (exact) mass is 250 g/mol. The van der Waals surface area contributed by atoms with Gasteiger partial charge in [-0.25, -0.2) is 0 Å². The Morgan fingerprint density at radius 2 is 2.44 bits per heavy atom. The zero-order valence-corrected chi connectivity index (χ0v) is 10.4. The van der Waals surface area contributed by atoms with Crippen molar-refractivity contribution in [1.29, 1.82) is 0 Å². The molecule has 1 unspecified atom stereocenters. The van der Waals surface area contributed by atoms with Crippen molar-refractivity contribution in [1.82, 2.24) is 5.32 Å². The fourth-order valence-electron chi connectivity index (χ4n) is 1.94. The van der Waals surface area contributed by atoms with Crippen molar-refractivity contribution in [3.05, 3.63) is 23.8 Å². The Balaban J connectivity index is 1.92. The summed E-state index contributed by atoms with van der Waals surface area (Å²) in [6.07, 6.45) is 0.341. The number of benzene rings is 1. The van der Waals surface area contributed by atoms with Gasteiger partial charge in [-0.1, -0.05) is 12.1 Å². The van der Waals surface area contributed by atoms with Crippen LogP contribution in [0.3, 0.4) is 0 Å². The van der Waals surface area contributed by atoms with Gasteiger partial charge in [-0.15, -0.1) is 0 Å². The summed E-state index contributed by atoms with van der Waals surface area (Å²) in [6, 6.07) is 5.32. The minimum atomic E-state index is -0.126. The average molecular weight is 250 g/mol. The molecule has 98 valence electrons. The van der Waals surface area contributed by atoms with E-state index in [1.165, 1.54) is 0 Å². The van der Waals surface area contributed by atoms with Gasteiger partial charge in [0.05, 0.1) is 18.9 Å². The average Bonchev–Trinajstić information content (AvgIpc) is 2.36. The number of amides is 1. The van der Waals surface area contributed by atoms with Gasteiger partial charge >= 0.3 is 0 Å². The fourth-order valence-corrected chi connectivity index (χ4v) is 1.94. The number of nitrogens with one attached hydrogen (secondary N) is 2. The van der Waals surface area contributed by atoms with Crippen molar-refractivity contribution in [2.75, 3.05) is 25.1 Å². The number of morpholine rings is 1. The minimum absolute atomic E-state index is 0.0469. The third kappa shape index (κ3) is 3.21. The second-order valence-corrected chi connectivity index (χ2v) is 4.45. The summed E-state index contributed by atoms with van der Waals surface area (Å²) in [5.41, 5.74) is 1.20. The van der Waals surface area contributed by atoms with Gasteiger partial charge in [0.2, 0.25) is 5.91 Å². The number of carbonyl (C=O) groups is 1. The third-order valence-electron chi connectivity index (χ3n) is 2.94. The molecule has 1 aliphatic heterocycles. The van der Waals surface area contributed by atoms with Gasteiger partial charge in [0, 0.05) is 19.0 Å². The molecule has 18 heavy (non-hydrogen) atoms. The highest BCUT2D eigenvalue weighted by Crippen LogP contribution is 2.26. The SMILES string of the molecule is Cc1cccc(NC(=O)CC2COCCN2)c1O. The quantitative estimate of drug-likeness (QED) is 0.700. The van der Waals surface area contributed by atoms with Crippen LogP contribution < -0.4 is 10.6 Å². The Hall–Kier alpha value is -1.59. The molecule has 1 saturated heterocycles. The lowest BCUT2D eigenvalue weighted by atomic mass is 10.1. The van der Waals surface area contributed by atoms with Crippen molar-refractivity contribution in [2.45, 2.75) is 19.4 Å². The van der Waals surface area contributed by atoms with E-state index < -0.39 is 0 Å². The Bertz CT molecular complexity index is 428. The molecule has 0 spiro atoms. The van der Waals surface area contributed by atoms with E-state index in [2.05, 4.69) is 10.6 Å². The molecule has 1 aliphatic rings. The lowest BCUT2D eigenvalue weighted by Gasteiger charge is -2.23. The number of phenolic OH excluding ortho intramolecular Hbond substituents is 1. The molecule has 1 amide bonds. The van der Waals surface area contributed by atoms with E-state index in [4.69, 9.17) is 4.74 Å². The smallest absolute Gasteiger partial charge is 0.226 e. The Labute approximate surface area is 106 Å². The minimum Gasteiger partial charge on any atom is -0.505 e. The summed E-state index contributed by atoms with van der Waals surface area (Å²) >= 11 is 0. The highest BCUT2D eigenvalue weighted by Gasteiger charge is 2.17. The second kappa shape index (κ2) is 5.84. The van der Waals surface area contributed by atoms with Crippen LogP contribution in [0, 0.1) is 6.92 Å². The summed E-state index contributed by atoms with van der Waals surface area (Å²) in [5.74, 6) is -0.00222. The number of para-hydroxylation sites is 1. The van der Waals surface area contributed by atoms with Crippen LogP contribution in [0.25, 0.3) is 0 Å². The molecule has 0 radical (unpaired) electrons. The van der Waals surface area contributed by atoms with E-state index in [0.717, 1.165) is 12.1 Å². The number of hydrogen-bond donors (Lipinski definition) is 3. The molecule has 2 rings (SSSR count). The highest BCUT2D eigenvalue weighted by molar-refractivity contribution is 5.92. The van der Waals surface area contributed by atoms with Gasteiger partial charge in [-0.05, 0) is 18.6 Å². The second-order valence-electron chi connectivity index (χ2n) is 4.45. The van der Waals surface area contributed by atoms with E-state index >= 15 is 0 Å². The Morgan fingerprint density at radius 3 is 3.17 bits per heavy atom. The molecule has 0 aliphatic carbocycles. The standard InChI is InChI=1S/C13H18N2O3/c1-9-3-2-4-11(13(9)17)15-12(16)7-10-8-18-6-5-14-10/h2-4,10,14,17H,5-8H2,1H3,(H,15,16). The molecule has 0 aromatic heterocycles. The molecule has 5 heteroatoms. The highest BCUT2D eigenvalue weighted by atomic mass is 16.5. The summed E-state index contributed by atoms with van der Waals surface area (Å²) in [4.78, 5) is 11.8. The summed E-state index contributed by atoms with van der Waals surface area (Å²) in [6.45, 7) is 3.80. The number of aryl methyl sites for hydroxylation is 1. The molecule has 1 heterocycles. The topological polar surface area (TPSA) is 70.6 Å². The molecular weight excluding hydrogens is 232 g/mol. The molecule has 1 fully saturated rings. The number of hydrogen-bond acceptors (Lipinski definition) is 4. The van der Waals surface area contributed by atoms with Crippen molar-refractivity contribution >= 4 is 11.6 Å². The van der Waals surface area contributed by atoms with Crippen molar-refractivity contribution in [3.63, 3.8) is 0 Å². The molecule has 3 N–H and O–H groups in total. The van der Waals surface area contributed by atoms with Crippen molar-refractivity contribution in [2.24, 2.45) is 0 Å². The van der Waals surface area contributed by atoms with Crippen LogP contribution in [-0.2, 0) is 9.53 Å². The first-order chi connectivity index (χ1) is 8.66. The number of anilines is 1. The lowest BCUT2D eigenvalue weighted by molar-refractivity contribution is -0.117. The predicted octanol–water partition coefficient (Wildman–Crippen LogP) is 1.02. The van der Waals surface area contributed by atoms with Gasteiger partial charge in [0.1, 0.15) is 5.75 Å². The predicted molar refractivity (Wildman–Crippen MR) is 68.7 cm³/mol. The maximum Gasteiger partial charge on any atom is 0.226 e. The van der Waals surface area contributed by atoms with Gasteiger partial charge in [0.25, 0.3) is 0 Å². The van der Waals surface area contributed by atoms with Crippen LogP contribution in [0.5, 0.6) is 5.75 Å². The van der Waals surface area contributed by atoms with Gasteiger partial charge < -0.3 is 20.5 Å². The van der Waals surface area contributed by atoms with Gasteiger partial charge in [0.15, 0.2) is 0 Å². The van der Waals surface area contributed by atoms with Crippen LogP contribution in [-0.4, -0.2) is 36.8 Å². The fraction of sp³-hybridized carbons (Fsp3) is 0.462. The van der Waals surface area contributed by atoms with Crippen LogP contribution in [0.2, 0.25) is 0 Å². The van der Waals surface area contributed by atoms with E-state index in [-0.39, 0.29) is 17.7 Å². The third-order valence-corrected chi connectivity index (χ3v) is 2.94. The zero-order chi connectivity index (χ0) is 13.0. The van der Waals surface area contributed by atoms with E-state index in [0.29, 0.717) is 25.3 Å². The van der Waals surface area contributed by atoms with E-state index in [9.17, 15) is 9.90 Å². The van der Waals surface area contributed by atoms with Gasteiger partial charge in [-0.3, -0.25) is 4.79 Å². The molecule has 1 aromatic carbocycles. The Morgan fingerprint density at radius 1 is 1.61 bits per heavy atom. The van der Waals surface area contributed by atoms with Crippen LogP contribution in [0.4, 0.5) is 5.69 Å². The summed E-state index contributed by atoms with van der Waals surface area (Å²) in [5, 5.41) is 15.7. The number of rotatable bonds is 3. The number of aromatic hydroxyl groups is 1. The van der Waals surface area contributed by atoms with E-state index in [1.54, 1.807) is 25.1 Å². The molecule has 1 atom stereocenters. The normalized spacial score (nSPS) is 19.5. The molecule has 1 aromatic rings. The van der Waals surface area contributed by atoms with Crippen molar-refractivity contribution in [3.8, 4) is 5.75 Å². The summed E-state index contributed by atoms with van der Waals surface area (Å²) < 4.78 is 5.28. The molecule has 0 bridgehead atoms. The lowest BCUT2D eigenvalue weighted by Crippen LogP contribution is -2.43. The Kier molecular flexibility index (Phi) is 4.17. The number of ether oxygens (including phenoxy) is 1. The summed E-state index contributed by atoms with van der Waals surface area (Å²) in [7, 11) is 0. The molecule has 0 saturated carbocycles. The van der Waals surface area contributed by atoms with Crippen LogP contribution >= 0.6 is 0 Å². The first-order valence-electron chi connectivity index (χ1n) is 6.06. The molecular formula is C13H18N2O3. The van der Waals surface area contributed by atoms with Crippen molar-refractivity contribution < 1.29 is 14.6 Å². The number of phenols is 1. The first kappa shape index (κ1) is 12.9. The first-order valence-corrected chi connectivity index (χ1v) is 6.06. The van der Waals surface area contributed by atoms with E-state index in [1.807, 2.05) is 0 Å². The van der Waals surface area contributed by atoms with Gasteiger partial charge in [-0.2, -0.15) is 0 Å². The zero-order valence-electron chi connectivity index (χ0n) is 10.4. The number of carbonyl (C=O) groups excluding carboxylic acids is 1.